The molecule has 2 rings (SSSR count). The third-order valence-corrected chi connectivity index (χ3v) is 2.31. The molecule has 0 fully saturated rings. The molecule has 0 N–H and O–H groups in total. The Bertz CT molecular complexity index is 514. The highest BCUT2D eigenvalue weighted by Gasteiger charge is 2.09. The number of hydrogen-bond acceptors (Lipinski definition) is 3. The molecule has 0 saturated carbocycles. The van der Waals surface area contributed by atoms with Gasteiger partial charge in [0.1, 0.15) is 0 Å². The Kier molecular flexibility index (Phi) is 2.26. The van der Waals surface area contributed by atoms with E-state index in [1.54, 1.807) is 10.7 Å². The van der Waals surface area contributed by atoms with Crippen molar-refractivity contribution in [2.75, 3.05) is 0 Å². The van der Waals surface area contributed by atoms with E-state index < -0.39 is 0 Å². The van der Waals surface area contributed by atoms with E-state index in [9.17, 15) is 4.79 Å². The predicted octanol–water partition coefficient (Wildman–Crippen LogP) is 1.97. The molecule has 0 amide bonds. The Hall–Kier alpha value is -1.71. The van der Waals surface area contributed by atoms with Crippen LogP contribution in [0.25, 0.3) is 5.65 Å². The Morgan fingerprint density at radius 1 is 1.47 bits per heavy atom. The highest BCUT2D eigenvalue weighted by Crippen LogP contribution is 2.14. The number of carbonyl (C=O) groups excluding carboxylic acids is 1. The second-order valence-corrected chi connectivity index (χ2v) is 3.97. The van der Waals surface area contributed by atoms with E-state index in [2.05, 4.69) is 10.1 Å². The number of fused-ring (bicyclic) bond motifs is 1. The molecular weight excluding hydrogens is 190 g/mol. The molecule has 0 unspecified atom stereocenters. The second-order valence-electron chi connectivity index (χ2n) is 3.97. The smallest absolute Gasteiger partial charge is 0.158 e. The van der Waals surface area contributed by atoms with Gasteiger partial charge in [-0.3, -0.25) is 4.79 Å². The summed E-state index contributed by atoms with van der Waals surface area (Å²) >= 11 is 0. The number of rotatable bonds is 2. The van der Waals surface area contributed by atoms with Crippen LogP contribution in [0.5, 0.6) is 0 Å². The highest BCUT2D eigenvalue weighted by atomic mass is 16.1. The van der Waals surface area contributed by atoms with Gasteiger partial charge in [-0.15, -0.1) is 0 Å². The van der Waals surface area contributed by atoms with E-state index in [1.807, 2.05) is 26.8 Å². The van der Waals surface area contributed by atoms with E-state index in [-0.39, 0.29) is 0 Å². The molecule has 4 nitrogen and oxygen atoms in total. The lowest BCUT2D eigenvalue weighted by atomic mass is 10.2. The van der Waals surface area contributed by atoms with Gasteiger partial charge in [-0.25, -0.2) is 9.50 Å². The van der Waals surface area contributed by atoms with Gasteiger partial charge in [0.15, 0.2) is 17.8 Å². The molecule has 0 aromatic carbocycles. The van der Waals surface area contributed by atoms with Crippen molar-refractivity contribution < 1.29 is 4.79 Å². The normalized spacial score (nSPS) is 11.2. The van der Waals surface area contributed by atoms with E-state index in [4.69, 9.17) is 0 Å². The van der Waals surface area contributed by atoms with Crippen LogP contribution < -0.4 is 0 Å². The van der Waals surface area contributed by atoms with Crippen LogP contribution in [0.1, 0.15) is 41.5 Å². The van der Waals surface area contributed by atoms with Gasteiger partial charge in [0.25, 0.3) is 0 Å². The molecule has 2 aromatic rings. The average molecular weight is 203 g/mol. The van der Waals surface area contributed by atoms with Crippen LogP contribution in [-0.4, -0.2) is 20.9 Å². The zero-order valence-electron chi connectivity index (χ0n) is 9.06. The molecule has 0 saturated heterocycles. The third-order valence-electron chi connectivity index (χ3n) is 2.31. The monoisotopic (exact) mass is 203 g/mol. The topological polar surface area (TPSA) is 47.3 Å². The Morgan fingerprint density at radius 3 is 2.80 bits per heavy atom. The summed E-state index contributed by atoms with van der Waals surface area (Å²) in [5.41, 5.74) is 2.42. The van der Waals surface area contributed by atoms with Crippen molar-refractivity contribution in [1.29, 1.82) is 0 Å². The van der Waals surface area contributed by atoms with Gasteiger partial charge >= 0.3 is 0 Å². The van der Waals surface area contributed by atoms with Crippen LogP contribution in [0, 0.1) is 6.92 Å². The van der Waals surface area contributed by atoms with E-state index in [0.29, 0.717) is 11.5 Å². The van der Waals surface area contributed by atoms with Gasteiger partial charge in [0.05, 0.1) is 0 Å². The summed E-state index contributed by atoms with van der Waals surface area (Å²) in [6, 6.07) is 1.82. The van der Waals surface area contributed by atoms with E-state index in [0.717, 1.165) is 23.3 Å². The molecule has 15 heavy (non-hydrogen) atoms. The lowest BCUT2D eigenvalue weighted by Gasteiger charge is -1.96. The first-order valence-electron chi connectivity index (χ1n) is 4.94. The molecule has 0 aliphatic carbocycles. The molecule has 0 spiro atoms. The zero-order chi connectivity index (χ0) is 11.0. The van der Waals surface area contributed by atoms with Crippen molar-refractivity contribution in [2.45, 2.75) is 26.7 Å². The fourth-order valence-electron chi connectivity index (χ4n) is 1.50. The quantitative estimate of drug-likeness (QED) is 0.701. The van der Waals surface area contributed by atoms with Crippen molar-refractivity contribution in [1.82, 2.24) is 14.6 Å². The Morgan fingerprint density at radius 2 is 2.20 bits per heavy atom. The number of hydrogen-bond donors (Lipinski definition) is 0. The van der Waals surface area contributed by atoms with Gasteiger partial charge in [0, 0.05) is 17.7 Å². The first-order chi connectivity index (χ1) is 7.11. The van der Waals surface area contributed by atoms with Crippen molar-refractivity contribution in [3.05, 3.63) is 29.2 Å². The fraction of sp³-hybridized carbons (Fsp3) is 0.364. The molecule has 0 radical (unpaired) electrons. The fourth-order valence-corrected chi connectivity index (χ4v) is 1.50. The SMILES string of the molecule is Cc1cc(C=O)cn2nc(C(C)C)nc12. The molecular formula is C11H13N3O. The van der Waals surface area contributed by atoms with Crippen LogP contribution in [-0.2, 0) is 0 Å². The van der Waals surface area contributed by atoms with Crippen molar-refractivity contribution >= 4 is 11.9 Å². The number of carbonyl (C=O) groups is 1. The lowest BCUT2D eigenvalue weighted by Crippen LogP contribution is -1.94. The largest absolute Gasteiger partial charge is 0.298 e. The van der Waals surface area contributed by atoms with Crippen molar-refractivity contribution in [3.8, 4) is 0 Å². The standard InChI is InChI=1S/C11H13N3O/c1-7(2)10-12-11-8(3)4-9(6-15)5-14(11)13-10/h4-7H,1-3H3. The molecule has 0 atom stereocenters. The van der Waals surface area contributed by atoms with E-state index >= 15 is 0 Å². The molecule has 0 bridgehead atoms. The minimum absolute atomic E-state index is 0.295. The Balaban J connectivity index is 2.69. The minimum atomic E-state index is 0.295. The summed E-state index contributed by atoms with van der Waals surface area (Å²) in [7, 11) is 0. The van der Waals surface area contributed by atoms with Gasteiger partial charge in [-0.1, -0.05) is 13.8 Å². The summed E-state index contributed by atoms with van der Waals surface area (Å²) in [6.07, 6.45) is 2.53. The van der Waals surface area contributed by atoms with Gasteiger partial charge in [-0.05, 0) is 18.6 Å². The number of aldehydes is 1. The average Bonchev–Trinajstić information content (AvgIpc) is 2.61. The van der Waals surface area contributed by atoms with E-state index in [1.165, 1.54) is 0 Å². The number of nitrogens with zero attached hydrogens (tertiary/aromatic N) is 3. The lowest BCUT2D eigenvalue weighted by molar-refractivity contribution is 0.112. The van der Waals surface area contributed by atoms with Crippen molar-refractivity contribution in [2.24, 2.45) is 0 Å². The molecule has 0 aliphatic heterocycles. The summed E-state index contributed by atoms with van der Waals surface area (Å²) in [6.45, 7) is 6.02. The maximum atomic E-state index is 10.7. The number of pyridine rings is 1. The first kappa shape index (κ1) is 9.83. The zero-order valence-corrected chi connectivity index (χ0v) is 9.06. The van der Waals surface area contributed by atoms with Gasteiger partial charge in [-0.2, -0.15) is 5.10 Å². The van der Waals surface area contributed by atoms with Crippen LogP contribution in [0.4, 0.5) is 0 Å². The summed E-state index contributed by atoms with van der Waals surface area (Å²) in [5.74, 6) is 1.10. The van der Waals surface area contributed by atoms with Crippen LogP contribution in [0.15, 0.2) is 12.3 Å². The maximum Gasteiger partial charge on any atom is 0.158 e. The predicted molar refractivity (Wildman–Crippen MR) is 57.2 cm³/mol. The second kappa shape index (κ2) is 3.46. The maximum absolute atomic E-state index is 10.7. The summed E-state index contributed by atoms with van der Waals surface area (Å²) < 4.78 is 1.68. The van der Waals surface area contributed by atoms with Gasteiger partial charge in [0.2, 0.25) is 0 Å². The first-order valence-corrected chi connectivity index (χ1v) is 4.94. The minimum Gasteiger partial charge on any atom is -0.298 e. The Labute approximate surface area is 87.9 Å². The highest BCUT2D eigenvalue weighted by molar-refractivity contribution is 5.75. The molecule has 2 heterocycles. The molecule has 2 aromatic heterocycles. The molecule has 4 heteroatoms. The molecule has 0 aliphatic rings. The van der Waals surface area contributed by atoms with Crippen LogP contribution in [0.3, 0.4) is 0 Å². The number of aryl methyl sites for hydroxylation is 1. The van der Waals surface area contributed by atoms with Crippen LogP contribution in [0.2, 0.25) is 0 Å². The summed E-state index contributed by atoms with van der Waals surface area (Å²) in [4.78, 5) is 15.1. The number of aromatic nitrogens is 3. The van der Waals surface area contributed by atoms with Gasteiger partial charge < -0.3 is 0 Å². The van der Waals surface area contributed by atoms with Crippen LogP contribution >= 0.6 is 0 Å². The van der Waals surface area contributed by atoms with Crippen molar-refractivity contribution in [3.63, 3.8) is 0 Å². The molecule has 78 valence electrons. The summed E-state index contributed by atoms with van der Waals surface area (Å²) in [5, 5.41) is 4.33. The third kappa shape index (κ3) is 1.63.